The first-order valence-corrected chi connectivity index (χ1v) is 6.29. The molecule has 4 heteroatoms. The van der Waals surface area contributed by atoms with Crippen molar-refractivity contribution in [2.24, 2.45) is 0 Å². The number of benzene rings is 1. The smallest absolute Gasteiger partial charge is 0.105 e. The number of nitrogen functional groups attached to an aromatic ring is 1. The summed E-state index contributed by atoms with van der Waals surface area (Å²) >= 11 is 4.85. The van der Waals surface area contributed by atoms with Gasteiger partial charge in [-0.3, -0.25) is 0 Å². The maximum absolute atomic E-state index is 9.10. The van der Waals surface area contributed by atoms with Gasteiger partial charge < -0.3 is 5.73 Å². The van der Waals surface area contributed by atoms with Gasteiger partial charge in [0, 0.05) is 14.9 Å². The predicted molar refractivity (Wildman–Crippen MR) is 71.3 cm³/mol. The van der Waals surface area contributed by atoms with Crippen LogP contribution in [0.4, 0.5) is 5.00 Å². The zero-order valence-corrected chi connectivity index (χ0v) is 11.0. The highest BCUT2D eigenvalue weighted by Gasteiger charge is 2.14. The summed E-state index contributed by atoms with van der Waals surface area (Å²) in [6.07, 6.45) is 0. The minimum atomic E-state index is 0.588. The summed E-state index contributed by atoms with van der Waals surface area (Å²) in [7, 11) is 0. The quantitative estimate of drug-likeness (QED) is 0.865. The number of nitriles is 1. The molecule has 80 valence electrons. The zero-order valence-electron chi connectivity index (χ0n) is 8.62. The maximum Gasteiger partial charge on any atom is 0.105 e. The van der Waals surface area contributed by atoms with E-state index in [2.05, 4.69) is 22.0 Å². The highest BCUT2D eigenvalue weighted by molar-refractivity contribution is 9.10. The van der Waals surface area contributed by atoms with E-state index >= 15 is 0 Å². The summed E-state index contributed by atoms with van der Waals surface area (Å²) in [6, 6.07) is 10.1. The second kappa shape index (κ2) is 4.28. The Kier molecular flexibility index (Phi) is 2.99. The van der Waals surface area contributed by atoms with Gasteiger partial charge in [0.2, 0.25) is 0 Å². The summed E-state index contributed by atoms with van der Waals surface area (Å²) in [5, 5.41) is 9.69. The van der Waals surface area contributed by atoms with Gasteiger partial charge in [0.15, 0.2) is 0 Å². The number of nitrogens with two attached hydrogens (primary N) is 1. The lowest BCUT2D eigenvalue weighted by Gasteiger charge is -2.01. The molecule has 0 unspecified atom stereocenters. The van der Waals surface area contributed by atoms with Crippen LogP contribution in [0.1, 0.15) is 10.4 Å². The van der Waals surface area contributed by atoms with Crippen molar-refractivity contribution in [2.75, 3.05) is 5.73 Å². The molecule has 0 atom stereocenters. The molecule has 1 heterocycles. The second-order valence-electron chi connectivity index (χ2n) is 3.39. The summed E-state index contributed by atoms with van der Waals surface area (Å²) in [5.74, 6) is 0. The van der Waals surface area contributed by atoms with Crippen LogP contribution in [0.2, 0.25) is 0 Å². The summed E-state index contributed by atoms with van der Waals surface area (Å²) in [4.78, 5) is 1.08. The van der Waals surface area contributed by atoms with E-state index in [1.165, 1.54) is 11.3 Å². The Morgan fingerprint density at radius 1 is 1.31 bits per heavy atom. The Balaban J connectivity index is 2.64. The first-order chi connectivity index (χ1) is 7.63. The van der Waals surface area contributed by atoms with E-state index in [-0.39, 0.29) is 0 Å². The second-order valence-corrected chi connectivity index (χ2v) is 5.56. The third-order valence-electron chi connectivity index (χ3n) is 2.36. The molecule has 0 bridgehead atoms. The Morgan fingerprint density at radius 3 is 2.50 bits per heavy atom. The molecule has 0 fully saturated rings. The molecule has 0 amide bonds. The monoisotopic (exact) mass is 292 g/mol. The minimum Gasteiger partial charge on any atom is -0.389 e. The molecular formula is C12H9BrN2S. The Hall–Kier alpha value is -1.31. The molecule has 0 radical (unpaired) electrons. The molecule has 0 spiro atoms. The lowest BCUT2D eigenvalue weighted by molar-refractivity contribution is 1.49. The van der Waals surface area contributed by atoms with Gasteiger partial charge in [0.25, 0.3) is 0 Å². The van der Waals surface area contributed by atoms with E-state index in [0.29, 0.717) is 10.6 Å². The molecular weight excluding hydrogens is 284 g/mol. The van der Waals surface area contributed by atoms with E-state index in [1.807, 2.05) is 31.2 Å². The van der Waals surface area contributed by atoms with Gasteiger partial charge >= 0.3 is 0 Å². The molecule has 0 saturated heterocycles. The van der Waals surface area contributed by atoms with E-state index in [4.69, 9.17) is 11.0 Å². The van der Waals surface area contributed by atoms with Crippen LogP contribution in [0.25, 0.3) is 11.1 Å². The Morgan fingerprint density at radius 2 is 1.94 bits per heavy atom. The minimum absolute atomic E-state index is 0.588. The number of hydrogen-bond donors (Lipinski definition) is 1. The average molecular weight is 293 g/mol. The van der Waals surface area contributed by atoms with Gasteiger partial charge in [-0.15, -0.1) is 11.3 Å². The van der Waals surface area contributed by atoms with Crippen molar-refractivity contribution >= 4 is 32.3 Å². The molecule has 1 aromatic carbocycles. The van der Waals surface area contributed by atoms with Crippen molar-refractivity contribution < 1.29 is 0 Å². The van der Waals surface area contributed by atoms with Gasteiger partial charge in [-0.1, -0.05) is 28.1 Å². The average Bonchev–Trinajstić information content (AvgIpc) is 2.54. The van der Waals surface area contributed by atoms with Crippen LogP contribution in [-0.2, 0) is 0 Å². The fourth-order valence-electron chi connectivity index (χ4n) is 1.64. The Bertz CT molecular complexity index is 564. The molecule has 2 nitrogen and oxygen atoms in total. The Labute approximate surface area is 106 Å². The van der Waals surface area contributed by atoms with Crippen LogP contribution < -0.4 is 5.73 Å². The summed E-state index contributed by atoms with van der Waals surface area (Å²) in [5.41, 5.74) is 8.38. The molecule has 2 N–H and O–H groups in total. The highest BCUT2D eigenvalue weighted by Crippen LogP contribution is 2.37. The standard InChI is InChI=1S/C12H9BrN2S/c1-7-11(10(6-14)12(15)16-7)8-2-4-9(13)5-3-8/h2-5H,15H2,1H3. The van der Waals surface area contributed by atoms with Gasteiger partial charge in [-0.25, -0.2) is 0 Å². The number of aryl methyl sites for hydroxylation is 1. The maximum atomic E-state index is 9.10. The van der Waals surface area contributed by atoms with Crippen molar-refractivity contribution in [3.8, 4) is 17.2 Å². The van der Waals surface area contributed by atoms with E-state index < -0.39 is 0 Å². The molecule has 1 aromatic heterocycles. The van der Waals surface area contributed by atoms with Gasteiger partial charge in [0.1, 0.15) is 11.1 Å². The molecule has 2 rings (SSSR count). The van der Waals surface area contributed by atoms with Crippen LogP contribution in [0.15, 0.2) is 28.7 Å². The molecule has 2 aromatic rings. The van der Waals surface area contributed by atoms with Crippen molar-refractivity contribution in [1.82, 2.24) is 0 Å². The van der Waals surface area contributed by atoms with Gasteiger partial charge in [-0.2, -0.15) is 5.26 Å². The van der Waals surface area contributed by atoms with Crippen molar-refractivity contribution in [3.05, 3.63) is 39.2 Å². The molecule has 0 aliphatic heterocycles. The van der Waals surface area contributed by atoms with Crippen molar-refractivity contribution in [3.63, 3.8) is 0 Å². The third kappa shape index (κ3) is 1.84. The predicted octanol–water partition coefficient (Wildman–Crippen LogP) is 3.94. The molecule has 16 heavy (non-hydrogen) atoms. The van der Waals surface area contributed by atoms with Crippen molar-refractivity contribution in [1.29, 1.82) is 5.26 Å². The van der Waals surface area contributed by atoms with E-state index in [1.54, 1.807) is 0 Å². The molecule has 0 saturated carbocycles. The normalized spacial score (nSPS) is 10.1. The fourth-order valence-corrected chi connectivity index (χ4v) is 2.81. The van der Waals surface area contributed by atoms with Crippen LogP contribution in [0.5, 0.6) is 0 Å². The van der Waals surface area contributed by atoms with Gasteiger partial charge in [0.05, 0.1) is 5.56 Å². The first-order valence-electron chi connectivity index (χ1n) is 4.68. The van der Waals surface area contributed by atoms with E-state index in [9.17, 15) is 0 Å². The number of anilines is 1. The summed E-state index contributed by atoms with van der Waals surface area (Å²) in [6.45, 7) is 1.99. The molecule has 0 aliphatic carbocycles. The topological polar surface area (TPSA) is 49.8 Å². The number of nitrogens with zero attached hydrogens (tertiary/aromatic N) is 1. The van der Waals surface area contributed by atoms with E-state index in [0.717, 1.165) is 20.5 Å². The lowest BCUT2D eigenvalue weighted by Crippen LogP contribution is -1.86. The van der Waals surface area contributed by atoms with Crippen LogP contribution in [-0.4, -0.2) is 0 Å². The highest BCUT2D eigenvalue weighted by atomic mass is 79.9. The number of rotatable bonds is 1. The first kappa shape index (κ1) is 11.2. The van der Waals surface area contributed by atoms with Crippen LogP contribution >= 0.6 is 27.3 Å². The third-order valence-corrected chi connectivity index (χ3v) is 3.82. The van der Waals surface area contributed by atoms with Crippen molar-refractivity contribution in [2.45, 2.75) is 6.92 Å². The van der Waals surface area contributed by atoms with Crippen LogP contribution in [0.3, 0.4) is 0 Å². The van der Waals surface area contributed by atoms with Gasteiger partial charge in [-0.05, 0) is 24.6 Å². The summed E-state index contributed by atoms with van der Waals surface area (Å²) < 4.78 is 1.02. The largest absolute Gasteiger partial charge is 0.389 e. The molecule has 0 aliphatic rings. The number of hydrogen-bond acceptors (Lipinski definition) is 3. The SMILES string of the molecule is Cc1sc(N)c(C#N)c1-c1ccc(Br)cc1. The lowest BCUT2D eigenvalue weighted by atomic mass is 10.0. The fraction of sp³-hybridized carbons (Fsp3) is 0.0833. The number of thiophene rings is 1. The van der Waals surface area contributed by atoms with Crippen LogP contribution in [0, 0.1) is 18.3 Å². The number of halogens is 1. The zero-order chi connectivity index (χ0) is 11.7.